The zero-order valence-electron chi connectivity index (χ0n) is 46.9. The van der Waals surface area contributed by atoms with E-state index in [1.807, 2.05) is 0 Å². The molecule has 4 aliphatic rings. The maximum Gasteiger partial charge on any atom is 0.253 e. The molecule has 1 saturated heterocycles. The molecular weight excluding hydrogens is 1140 g/mol. The van der Waals surface area contributed by atoms with Gasteiger partial charge in [0, 0.05) is 96.2 Å². The lowest BCUT2D eigenvalue weighted by molar-refractivity contribution is -0.144. The van der Waals surface area contributed by atoms with E-state index in [0.29, 0.717) is 53.7 Å². The summed E-state index contributed by atoms with van der Waals surface area (Å²) in [5.41, 5.74) is 6.44. The number of aromatic nitrogens is 1. The molecule has 0 spiro atoms. The van der Waals surface area contributed by atoms with Crippen LogP contribution in [0.4, 0.5) is 0 Å². The number of unbranched alkanes of at least 4 members (excludes halogenated alkanes) is 2. The van der Waals surface area contributed by atoms with Crippen LogP contribution in [0.1, 0.15) is 76.8 Å². The van der Waals surface area contributed by atoms with E-state index < -0.39 is 176 Å². The molecule has 14 N–H and O–H groups in total. The lowest BCUT2D eigenvalue weighted by Gasteiger charge is -2.32. The Bertz CT molecular complexity index is 2850. The third kappa shape index (κ3) is 16.9. The Morgan fingerprint density at radius 1 is 0.869 bits per heavy atom. The normalized spacial score (nSPS) is 25.3. The molecule has 6 rings (SSSR count). The third-order valence-corrected chi connectivity index (χ3v) is 17.4. The van der Waals surface area contributed by atoms with Crippen LogP contribution < -0.4 is 53.0 Å². The van der Waals surface area contributed by atoms with Gasteiger partial charge in [-0.15, -0.1) is 0 Å². The van der Waals surface area contributed by atoms with Crippen LogP contribution in [0.2, 0.25) is 0 Å². The fourth-order valence-corrected chi connectivity index (χ4v) is 12.3. The number of aliphatic hydroxyl groups is 3. The number of ether oxygens (including phenoxy) is 1. The first-order valence-electron chi connectivity index (χ1n) is 27.5. The molecule has 0 radical (unpaired) electrons. The van der Waals surface area contributed by atoms with Gasteiger partial charge in [-0.1, -0.05) is 33.6 Å². The number of nitrogens with one attached hydrogen (secondary N) is 9. The van der Waals surface area contributed by atoms with Gasteiger partial charge in [0.25, 0.3) is 11.8 Å². The highest BCUT2D eigenvalue weighted by molar-refractivity contribution is 7.98. The minimum Gasteiger partial charge on any atom is -0.610 e. The van der Waals surface area contributed by atoms with Crippen molar-refractivity contribution in [3.05, 3.63) is 35.4 Å². The van der Waals surface area contributed by atoms with Gasteiger partial charge in [0.05, 0.1) is 51.0 Å². The van der Waals surface area contributed by atoms with E-state index in [0.717, 1.165) is 9.80 Å². The van der Waals surface area contributed by atoms with Crippen molar-refractivity contribution in [1.82, 2.24) is 57.3 Å². The van der Waals surface area contributed by atoms with E-state index in [-0.39, 0.29) is 53.6 Å². The van der Waals surface area contributed by atoms with Gasteiger partial charge in [-0.05, 0) is 30.9 Å². The van der Waals surface area contributed by atoms with E-state index in [4.69, 9.17) is 10.5 Å². The van der Waals surface area contributed by atoms with Gasteiger partial charge in [-0.3, -0.25) is 62.4 Å². The molecule has 1 unspecified atom stereocenters. The molecule has 1 fully saturated rings. The molecule has 11 atom stereocenters. The lowest BCUT2D eigenvalue weighted by atomic mass is 9.93. The average Bonchev–Trinajstić information content (AvgIpc) is 4.35. The quantitative estimate of drug-likeness (QED) is 0.0357. The molecule has 0 saturated carbocycles. The minimum absolute atomic E-state index is 0.0860. The van der Waals surface area contributed by atoms with Crippen molar-refractivity contribution in [2.24, 2.45) is 17.6 Å². The summed E-state index contributed by atoms with van der Waals surface area (Å²) < 4.78 is 21.0. The first-order chi connectivity index (χ1) is 40.0. The second-order valence-corrected chi connectivity index (χ2v) is 23.5. The van der Waals surface area contributed by atoms with Crippen molar-refractivity contribution in [3.63, 3.8) is 0 Å². The number of methoxy groups -OCH3 is 1. The van der Waals surface area contributed by atoms with E-state index in [2.05, 4.69) is 47.5 Å². The number of nitrogens with two attached hydrogens (primary N) is 1. The van der Waals surface area contributed by atoms with Crippen LogP contribution in [0.15, 0.2) is 29.3 Å². The van der Waals surface area contributed by atoms with Crippen molar-refractivity contribution in [2.45, 2.75) is 131 Å². The molecule has 4 aliphatic heterocycles. The Hall–Kier alpha value is -7.32. The van der Waals surface area contributed by atoms with Crippen molar-refractivity contribution in [3.8, 4) is 5.75 Å². The Labute approximate surface area is 490 Å². The number of H-pyrrole nitrogens is 1. The van der Waals surface area contributed by atoms with Crippen LogP contribution in [0.25, 0.3) is 10.9 Å². The highest BCUT2D eigenvalue weighted by atomic mass is 32.2. The number of rotatable bonds is 19. The lowest BCUT2D eigenvalue weighted by Crippen LogP contribution is -2.62. The van der Waals surface area contributed by atoms with Gasteiger partial charge < -0.3 is 82.8 Å². The van der Waals surface area contributed by atoms with Crippen LogP contribution >= 0.6 is 11.8 Å². The van der Waals surface area contributed by atoms with Crippen LogP contribution in [0, 0.1) is 11.8 Å². The summed E-state index contributed by atoms with van der Waals surface area (Å²) in [6, 6.07) is -7.06. The fraction of sp³-hybridized carbons (Fsp3) is 0.585. The maximum absolute atomic E-state index is 15.3. The molecule has 1 aromatic heterocycles. The van der Waals surface area contributed by atoms with Crippen LogP contribution in [0.3, 0.4) is 0 Å². The summed E-state index contributed by atoms with van der Waals surface area (Å²) in [7, 11) is 1.41. The summed E-state index contributed by atoms with van der Waals surface area (Å²) in [5, 5.41) is 52.3. The largest absolute Gasteiger partial charge is 0.610 e. The number of carbonyl (C=O) groups is 12. The van der Waals surface area contributed by atoms with Gasteiger partial charge in [0.2, 0.25) is 64.1 Å². The number of amides is 12. The van der Waals surface area contributed by atoms with Crippen LogP contribution in [0.5, 0.6) is 5.75 Å². The second kappa shape index (κ2) is 30.5. The zero-order valence-corrected chi connectivity index (χ0v) is 48.6. The van der Waals surface area contributed by atoms with Gasteiger partial charge in [0.1, 0.15) is 41.7 Å². The molecule has 1 aromatic carbocycles. The van der Waals surface area contributed by atoms with Gasteiger partial charge in [-0.2, -0.15) is 11.8 Å². The number of hydrogen-bond acceptors (Lipinski definition) is 18. The van der Waals surface area contributed by atoms with Gasteiger partial charge in [0.15, 0.2) is 6.04 Å². The number of hydrogen-bond donors (Lipinski definition) is 13. The summed E-state index contributed by atoms with van der Waals surface area (Å²) in [4.78, 5) is 168. The number of aliphatic hydroxyl groups excluding tert-OH is 3. The molecule has 84 heavy (non-hydrogen) atoms. The third-order valence-electron chi connectivity index (χ3n) is 15.0. The molecule has 29 nitrogen and oxygen atoms in total. The number of carbonyl (C=O) groups excluding carboxylic acids is 12. The summed E-state index contributed by atoms with van der Waals surface area (Å²) in [5.74, 6) is -12.2. The molecule has 12 amide bonds. The van der Waals surface area contributed by atoms with Crippen molar-refractivity contribution in [2.75, 3.05) is 57.9 Å². The van der Waals surface area contributed by atoms with E-state index >= 15 is 4.55 Å². The highest BCUT2D eigenvalue weighted by Crippen LogP contribution is 2.37. The number of benzene rings is 1. The topological polar surface area (TPSA) is 442 Å². The molecule has 460 valence electrons. The average molecular weight is 1220 g/mol. The van der Waals surface area contributed by atoms with Crippen LogP contribution in [-0.2, 0) is 80.9 Å². The van der Waals surface area contributed by atoms with E-state index in [1.54, 1.807) is 26.0 Å². The SMILES string of the molecule is CC[C@H](C)[C@@H]1NC(=O)CNC(=O)[C@@H]2Cc3c([nH]c4c(CSCCNC(=O)CCCCCN5C(=O)C=CC5=O)c(OC)ccc34)[S+]([O-])C[C@H](NC(=O)CNC1=O)C(=O)N[C@@H](CC(N)=O)C(=O)N1C[C@H](O)C[C@H]1C(=O)N[C@@H]([C@@H](C)[C@@H](O)CO)C(=O)N2. The first-order valence-corrected chi connectivity index (χ1v) is 30.0. The smallest absolute Gasteiger partial charge is 0.253 e. The van der Waals surface area contributed by atoms with E-state index in [1.165, 1.54) is 37.9 Å². The van der Waals surface area contributed by atoms with Gasteiger partial charge >= 0.3 is 0 Å². The Morgan fingerprint density at radius 3 is 2.23 bits per heavy atom. The minimum atomic E-state index is -2.46. The standard InChI is InChI=1S/C53H74N12O17S2/c1-5-26(2)44-50(78)57-20-40(71)58-34-25-84(81)52-30(29-10-11-37(82-4)31(46(29)63-52)24-83-16-14-55-39(70)9-7-6-8-15-64-42(73)12-13-43(64)74)18-32(47(75)56-21-41(72)61-44)59-51(79)45(27(3)36(68)23-66)62-49(77)35-17-28(67)22-65(35)53(80)33(19-38(54)69)60-48(34)76/h10-13,26-28,32-36,44-45,63,66-68H,5-9,14-25H2,1-4H3,(H2,54,69)(H,55,70)(H,56,75)(H,57,78)(H,58,71)(H,59,79)(H,60,76)(H,61,72)(H,62,77)/t26-,27-,28+,32-,33-,34-,35-,36-,44-,45-,84?/m0/s1. The molecule has 2 bridgehead atoms. The number of thioether (sulfide) groups is 1. The second-order valence-electron chi connectivity index (χ2n) is 21.0. The van der Waals surface area contributed by atoms with Crippen LogP contribution in [-0.4, -0.2) is 212 Å². The first kappa shape index (κ1) is 65.8. The summed E-state index contributed by atoms with van der Waals surface area (Å²) >= 11 is -1.10. The maximum atomic E-state index is 15.3. The molecular formula is C53H74N12O17S2. The monoisotopic (exact) mass is 1210 g/mol. The molecule has 2 aromatic rings. The van der Waals surface area contributed by atoms with Crippen molar-refractivity contribution in [1.29, 1.82) is 0 Å². The van der Waals surface area contributed by atoms with Gasteiger partial charge in [-0.25, -0.2) is 0 Å². The predicted octanol–water partition coefficient (Wildman–Crippen LogP) is -4.78. The Balaban J connectivity index is 1.43. The predicted molar refractivity (Wildman–Crippen MR) is 301 cm³/mol. The highest BCUT2D eigenvalue weighted by Gasteiger charge is 2.45. The number of primary amides is 1. The number of imide groups is 1. The number of aromatic amines is 1. The Morgan fingerprint density at radius 2 is 1.56 bits per heavy atom. The molecule has 0 aliphatic carbocycles. The number of nitrogens with zero attached hydrogens (tertiary/aromatic N) is 2. The summed E-state index contributed by atoms with van der Waals surface area (Å²) in [6.07, 6.45) is -0.343. The summed E-state index contributed by atoms with van der Waals surface area (Å²) in [6.45, 7) is 2.12. The number of fused-ring (bicyclic) bond motifs is 5. The molecule has 31 heteroatoms. The Kier molecular flexibility index (Phi) is 23.9. The van der Waals surface area contributed by atoms with Crippen molar-refractivity contribution >= 4 is 105 Å². The fourth-order valence-electron chi connectivity index (χ4n) is 10.1. The van der Waals surface area contributed by atoms with E-state index in [9.17, 15) is 72.9 Å². The van der Waals surface area contributed by atoms with Crippen molar-refractivity contribution < 1.29 is 82.1 Å². The molecule has 5 heterocycles. The zero-order chi connectivity index (χ0) is 61.5.